The molecule has 0 spiro atoms. The van der Waals surface area contributed by atoms with Crippen molar-refractivity contribution in [2.75, 3.05) is 13.6 Å². The zero-order chi connectivity index (χ0) is 10.5. The first-order valence-electron chi connectivity index (χ1n) is 5.00. The van der Waals surface area contributed by atoms with Gasteiger partial charge in [-0.2, -0.15) is 5.10 Å². The summed E-state index contributed by atoms with van der Waals surface area (Å²) in [6.07, 6.45) is 8.87. The number of rotatable bonds is 4. The lowest BCUT2D eigenvalue weighted by atomic mass is 10.2. The fourth-order valence-electron chi connectivity index (χ4n) is 1.39. The van der Waals surface area contributed by atoms with Gasteiger partial charge in [-0.25, -0.2) is 4.98 Å². The summed E-state index contributed by atoms with van der Waals surface area (Å²) in [5, 5.41) is 10.9. The Hall–Kier alpha value is -1.68. The zero-order valence-electron chi connectivity index (χ0n) is 8.70. The van der Waals surface area contributed by atoms with E-state index in [0.29, 0.717) is 0 Å². The van der Waals surface area contributed by atoms with Crippen LogP contribution in [0.5, 0.6) is 0 Å². The molecule has 0 aliphatic heterocycles. The van der Waals surface area contributed by atoms with E-state index in [1.165, 1.54) is 0 Å². The number of nitrogens with one attached hydrogen (secondary N) is 2. The summed E-state index contributed by atoms with van der Waals surface area (Å²) in [6, 6.07) is 2.07. The molecule has 0 aliphatic rings. The van der Waals surface area contributed by atoms with E-state index < -0.39 is 0 Å². The molecule has 2 heterocycles. The highest BCUT2D eigenvalue weighted by Crippen LogP contribution is 2.10. The van der Waals surface area contributed by atoms with Crippen molar-refractivity contribution in [3.63, 3.8) is 0 Å². The lowest BCUT2D eigenvalue weighted by molar-refractivity contribution is 0.809. The minimum absolute atomic E-state index is 0.836. The van der Waals surface area contributed by atoms with Crippen molar-refractivity contribution in [3.8, 4) is 0 Å². The number of aromatic nitrogens is 3. The monoisotopic (exact) mass is 202 g/mol. The van der Waals surface area contributed by atoms with Crippen LogP contribution in [-0.2, 0) is 0 Å². The minimum Gasteiger partial charge on any atom is -0.319 e. The Balaban J connectivity index is 2.10. The van der Waals surface area contributed by atoms with Gasteiger partial charge >= 0.3 is 0 Å². The van der Waals surface area contributed by atoms with Crippen molar-refractivity contribution in [3.05, 3.63) is 30.1 Å². The second-order valence-corrected chi connectivity index (χ2v) is 3.37. The summed E-state index contributed by atoms with van der Waals surface area (Å²) >= 11 is 0. The van der Waals surface area contributed by atoms with Crippen molar-refractivity contribution >= 4 is 17.1 Å². The van der Waals surface area contributed by atoms with Crippen LogP contribution in [0.4, 0.5) is 0 Å². The van der Waals surface area contributed by atoms with Crippen LogP contribution >= 0.6 is 0 Å². The third kappa shape index (κ3) is 2.41. The second kappa shape index (κ2) is 4.70. The summed E-state index contributed by atoms with van der Waals surface area (Å²) in [5.41, 5.74) is 1.95. The van der Waals surface area contributed by atoms with E-state index in [-0.39, 0.29) is 0 Å². The van der Waals surface area contributed by atoms with Gasteiger partial charge in [0.2, 0.25) is 0 Å². The number of pyridine rings is 1. The van der Waals surface area contributed by atoms with Gasteiger partial charge in [-0.3, -0.25) is 5.10 Å². The Morgan fingerprint density at radius 3 is 3.27 bits per heavy atom. The van der Waals surface area contributed by atoms with Crippen LogP contribution < -0.4 is 5.32 Å². The molecule has 2 aromatic rings. The molecule has 0 unspecified atom stereocenters. The third-order valence-corrected chi connectivity index (χ3v) is 2.18. The molecular formula is C11H14N4. The van der Waals surface area contributed by atoms with Crippen LogP contribution in [0.3, 0.4) is 0 Å². The van der Waals surface area contributed by atoms with Gasteiger partial charge in [0.15, 0.2) is 5.65 Å². The van der Waals surface area contributed by atoms with E-state index >= 15 is 0 Å². The molecule has 15 heavy (non-hydrogen) atoms. The van der Waals surface area contributed by atoms with Crippen molar-refractivity contribution < 1.29 is 0 Å². The average Bonchev–Trinajstić information content (AvgIpc) is 2.71. The topological polar surface area (TPSA) is 53.6 Å². The fraction of sp³-hybridized carbons (Fsp3) is 0.273. The molecular weight excluding hydrogens is 188 g/mol. The standard InChI is InChI=1S/C11H14N4/c1-12-5-3-2-4-9-6-10-8-14-15-11(10)13-7-9/h2,4,6-8,12H,3,5H2,1H3,(H,13,14,15). The maximum absolute atomic E-state index is 4.26. The van der Waals surface area contributed by atoms with Gasteiger partial charge in [-0.1, -0.05) is 12.2 Å². The van der Waals surface area contributed by atoms with Gasteiger partial charge in [0.25, 0.3) is 0 Å². The van der Waals surface area contributed by atoms with Gasteiger partial charge in [0.1, 0.15) is 0 Å². The molecule has 2 aromatic heterocycles. The predicted molar refractivity (Wildman–Crippen MR) is 61.5 cm³/mol. The number of H-pyrrole nitrogens is 1. The zero-order valence-corrected chi connectivity index (χ0v) is 8.70. The van der Waals surface area contributed by atoms with E-state index in [2.05, 4.69) is 38.7 Å². The van der Waals surface area contributed by atoms with Crippen molar-refractivity contribution in [2.24, 2.45) is 0 Å². The summed E-state index contributed by atoms with van der Waals surface area (Å²) in [7, 11) is 1.95. The van der Waals surface area contributed by atoms with Gasteiger partial charge in [0.05, 0.1) is 6.20 Å². The lowest BCUT2D eigenvalue weighted by Gasteiger charge is -1.94. The molecule has 2 N–H and O–H groups in total. The number of nitrogens with zero attached hydrogens (tertiary/aromatic N) is 2. The first-order chi connectivity index (χ1) is 7.40. The van der Waals surface area contributed by atoms with Crippen LogP contribution in [0.25, 0.3) is 17.1 Å². The summed E-state index contributed by atoms with van der Waals surface area (Å²) < 4.78 is 0. The number of hydrogen-bond acceptors (Lipinski definition) is 3. The van der Waals surface area contributed by atoms with Gasteiger partial charge in [-0.15, -0.1) is 0 Å². The average molecular weight is 202 g/mol. The molecule has 0 saturated heterocycles. The Morgan fingerprint density at radius 1 is 1.47 bits per heavy atom. The van der Waals surface area contributed by atoms with Crippen LogP contribution in [-0.4, -0.2) is 28.8 Å². The Morgan fingerprint density at radius 2 is 2.40 bits per heavy atom. The molecule has 0 fully saturated rings. The van der Waals surface area contributed by atoms with Gasteiger partial charge < -0.3 is 5.32 Å². The van der Waals surface area contributed by atoms with E-state index in [1.54, 1.807) is 6.20 Å². The van der Waals surface area contributed by atoms with E-state index in [0.717, 1.165) is 29.6 Å². The Kier molecular flexibility index (Phi) is 3.09. The minimum atomic E-state index is 0.836. The van der Waals surface area contributed by atoms with Crippen molar-refractivity contribution in [1.82, 2.24) is 20.5 Å². The Labute approximate surface area is 88.4 Å². The van der Waals surface area contributed by atoms with Gasteiger partial charge in [0, 0.05) is 11.6 Å². The molecule has 0 aliphatic carbocycles. The Bertz CT molecular complexity index is 458. The first kappa shape index (κ1) is 9.86. The van der Waals surface area contributed by atoms with Crippen molar-refractivity contribution in [2.45, 2.75) is 6.42 Å². The summed E-state index contributed by atoms with van der Waals surface area (Å²) in [5.74, 6) is 0. The largest absolute Gasteiger partial charge is 0.319 e. The number of aromatic amines is 1. The molecule has 0 radical (unpaired) electrons. The van der Waals surface area contributed by atoms with E-state index in [9.17, 15) is 0 Å². The van der Waals surface area contributed by atoms with Crippen LogP contribution in [0.2, 0.25) is 0 Å². The predicted octanol–water partition coefficient (Wildman–Crippen LogP) is 1.58. The lowest BCUT2D eigenvalue weighted by Crippen LogP contribution is -2.05. The molecule has 4 nitrogen and oxygen atoms in total. The normalized spacial score (nSPS) is 11.5. The summed E-state index contributed by atoms with van der Waals surface area (Å²) in [6.45, 7) is 0.998. The van der Waals surface area contributed by atoms with E-state index in [1.807, 2.05) is 13.2 Å². The molecule has 78 valence electrons. The van der Waals surface area contributed by atoms with Crippen LogP contribution in [0.1, 0.15) is 12.0 Å². The molecule has 0 saturated carbocycles. The molecule has 2 rings (SSSR count). The maximum Gasteiger partial charge on any atom is 0.155 e. The molecule has 0 amide bonds. The quantitative estimate of drug-likeness (QED) is 0.740. The maximum atomic E-state index is 4.26. The van der Waals surface area contributed by atoms with E-state index in [4.69, 9.17) is 0 Å². The molecule has 4 heteroatoms. The fourth-order valence-corrected chi connectivity index (χ4v) is 1.39. The first-order valence-corrected chi connectivity index (χ1v) is 5.00. The van der Waals surface area contributed by atoms with Gasteiger partial charge in [-0.05, 0) is 31.6 Å². The van der Waals surface area contributed by atoms with Crippen LogP contribution in [0, 0.1) is 0 Å². The van der Waals surface area contributed by atoms with Crippen molar-refractivity contribution in [1.29, 1.82) is 0 Å². The molecule has 0 bridgehead atoms. The highest BCUT2D eigenvalue weighted by molar-refractivity contribution is 5.76. The number of fused-ring (bicyclic) bond motifs is 1. The number of hydrogen-bond donors (Lipinski definition) is 2. The highest BCUT2D eigenvalue weighted by Gasteiger charge is 1.95. The smallest absolute Gasteiger partial charge is 0.155 e. The second-order valence-electron chi connectivity index (χ2n) is 3.37. The highest BCUT2D eigenvalue weighted by atomic mass is 15.1. The SMILES string of the molecule is CNCCC=Cc1cnc2[nH]ncc2c1. The molecule has 0 aromatic carbocycles. The molecule has 0 atom stereocenters. The van der Waals surface area contributed by atoms with Crippen LogP contribution in [0.15, 0.2) is 24.5 Å². The summed E-state index contributed by atoms with van der Waals surface area (Å²) in [4.78, 5) is 4.26. The third-order valence-electron chi connectivity index (χ3n) is 2.18.